The lowest BCUT2D eigenvalue weighted by atomic mass is 9.97. The second-order valence-corrected chi connectivity index (χ2v) is 9.35. The highest BCUT2D eigenvalue weighted by molar-refractivity contribution is 8.10. The van der Waals surface area contributed by atoms with E-state index in [1.165, 1.54) is 0 Å². The lowest BCUT2D eigenvalue weighted by Gasteiger charge is -2.43. The van der Waals surface area contributed by atoms with E-state index in [-0.39, 0.29) is 30.6 Å². The number of hydrogen-bond donors (Lipinski definition) is 0. The minimum atomic E-state index is -2.01. The Hall–Kier alpha value is 0.410. The average molecular weight is 311 g/mol. The zero-order valence-corrected chi connectivity index (χ0v) is 13.6. The fourth-order valence-electron chi connectivity index (χ4n) is 2.73. The first kappa shape index (κ1) is 15.8. The smallest absolute Gasteiger partial charge is 0.182 e. The monoisotopic (exact) mass is 311 g/mol. The third-order valence-corrected chi connectivity index (χ3v) is 6.84. The molecule has 2 saturated heterocycles. The van der Waals surface area contributed by atoms with E-state index in [4.69, 9.17) is 35.3 Å². The van der Waals surface area contributed by atoms with Gasteiger partial charge in [0.05, 0.1) is 12.6 Å². The van der Waals surface area contributed by atoms with Crippen LogP contribution in [-0.2, 0) is 35.3 Å². The quantitative estimate of drug-likeness (QED) is 0.707. The summed E-state index contributed by atoms with van der Waals surface area (Å²) in [7, 11) is 6.93. The van der Waals surface area contributed by atoms with E-state index in [1.54, 1.807) is 21.3 Å². The summed E-state index contributed by atoms with van der Waals surface area (Å²) in [6.07, 6.45) is -2.96. The highest BCUT2D eigenvalue weighted by atomic mass is 32.4. The van der Waals surface area contributed by atoms with E-state index in [2.05, 4.69) is 4.67 Å². The number of hydrogen-bond acceptors (Lipinski definition) is 6. The van der Waals surface area contributed by atoms with Gasteiger partial charge in [0.1, 0.15) is 24.7 Å². The van der Waals surface area contributed by atoms with Crippen molar-refractivity contribution in [3.05, 3.63) is 0 Å². The van der Waals surface area contributed by atoms with Crippen molar-refractivity contribution in [1.29, 1.82) is 0 Å². The first-order chi connectivity index (χ1) is 8.96. The largest absolute Gasteiger partial charge is 0.382 e. The summed E-state index contributed by atoms with van der Waals surface area (Å²) in [5.41, 5.74) is 0. The van der Waals surface area contributed by atoms with Crippen LogP contribution in [0.5, 0.6) is 0 Å². The third-order valence-electron chi connectivity index (χ3n) is 3.79. The molecule has 2 aliphatic heterocycles. The van der Waals surface area contributed by atoms with Crippen molar-refractivity contribution < 1.29 is 23.5 Å². The Morgan fingerprint density at radius 2 is 1.84 bits per heavy atom. The van der Waals surface area contributed by atoms with Crippen LogP contribution in [0.25, 0.3) is 0 Å². The molecule has 0 aliphatic carbocycles. The fraction of sp³-hybridized carbons (Fsp3) is 1.00. The highest BCUT2D eigenvalue weighted by Gasteiger charge is 2.55. The third kappa shape index (κ3) is 2.76. The molecule has 0 aromatic heterocycles. The molecule has 0 bridgehead atoms. The zero-order chi connectivity index (χ0) is 14.2. The van der Waals surface area contributed by atoms with Crippen LogP contribution in [0.1, 0.15) is 0 Å². The van der Waals surface area contributed by atoms with Crippen molar-refractivity contribution in [3.8, 4) is 0 Å². The average Bonchev–Trinajstić information content (AvgIpc) is 2.58. The maximum Gasteiger partial charge on any atom is 0.182 e. The van der Waals surface area contributed by atoms with Crippen LogP contribution in [-0.4, -0.2) is 77.0 Å². The van der Waals surface area contributed by atoms with Crippen LogP contribution < -0.4 is 0 Å². The molecule has 0 N–H and O–H groups in total. The predicted octanol–water partition coefficient (Wildman–Crippen LogP) is 0.658. The SMILES string of the molecule is COC[C@H]1O[C@H]2O[P@](C)(=S)N(C)[C@@H]2[C@@H](OC)[C@@H]1OC. The molecule has 0 radical (unpaired) electrons. The minimum Gasteiger partial charge on any atom is -0.382 e. The van der Waals surface area contributed by atoms with Gasteiger partial charge in [0.15, 0.2) is 6.29 Å². The molecular formula is C11H22NO5PS. The molecule has 6 atom stereocenters. The maximum absolute atomic E-state index is 5.96. The summed E-state index contributed by atoms with van der Waals surface area (Å²) in [6, 6.07) is -0.0427. The highest BCUT2D eigenvalue weighted by Crippen LogP contribution is 2.57. The molecule has 0 aromatic rings. The molecule has 2 fully saturated rings. The summed E-state index contributed by atoms with van der Waals surface area (Å²) >= 11 is 5.53. The zero-order valence-electron chi connectivity index (χ0n) is 11.9. The lowest BCUT2D eigenvalue weighted by molar-refractivity contribution is -0.250. The molecule has 0 amide bonds. The standard InChI is InChI=1S/C11H22NO5PS/c1-12-8-10(15-4)9(14-3)7(6-13-2)16-11(8)17-18(12,5)19/h7-11H,6H2,1-5H3/t7-,8-,9-,10-,11+,18-/m1/s1. The predicted molar refractivity (Wildman–Crippen MR) is 75.0 cm³/mol. The molecule has 2 aliphatic rings. The van der Waals surface area contributed by atoms with Gasteiger partial charge in [0.25, 0.3) is 0 Å². The number of methoxy groups -OCH3 is 3. The van der Waals surface area contributed by atoms with E-state index in [0.29, 0.717) is 6.61 Å². The van der Waals surface area contributed by atoms with Crippen LogP contribution in [0.3, 0.4) is 0 Å². The fourth-order valence-corrected chi connectivity index (χ4v) is 4.75. The van der Waals surface area contributed by atoms with E-state index >= 15 is 0 Å². The Balaban J connectivity index is 2.27. The molecule has 112 valence electrons. The topological polar surface area (TPSA) is 49.4 Å². The van der Waals surface area contributed by atoms with Crippen molar-refractivity contribution in [3.63, 3.8) is 0 Å². The van der Waals surface area contributed by atoms with Gasteiger partial charge in [-0.25, -0.2) is 4.67 Å². The Labute approximate surface area is 119 Å². The van der Waals surface area contributed by atoms with Gasteiger partial charge >= 0.3 is 0 Å². The van der Waals surface area contributed by atoms with Crippen LogP contribution >= 0.6 is 6.42 Å². The number of fused-ring (bicyclic) bond motifs is 1. The molecule has 2 heterocycles. The Morgan fingerprint density at radius 3 is 2.37 bits per heavy atom. The summed E-state index contributed by atoms with van der Waals surface area (Å²) in [6.45, 7) is 2.38. The summed E-state index contributed by atoms with van der Waals surface area (Å²) in [4.78, 5) is 0. The maximum atomic E-state index is 5.96. The molecule has 19 heavy (non-hydrogen) atoms. The van der Waals surface area contributed by atoms with Crippen LogP contribution in [0.4, 0.5) is 0 Å². The first-order valence-electron chi connectivity index (χ1n) is 6.15. The van der Waals surface area contributed by atoms with E-state index in [0.717, 1.165) is 0 Å². The first-order valence-corrected chi connectivity index (χ1v) is 9.27. The van der Waals surface area contributed by atoms with Crippen LogP contribution in [0, 0.1) is 0 Å². The molecule has 0 aromatic carbocycles. The van der Waals surface area contributed by atoms with E-state index in [9.17, 15) is 0 Å². The summed E-state index contributed by atoms with van der Waals surface area (Å²) in [5, 5.41) is 0. The van der Waals surface area contributed by atoms with Gasteiger partial charge in [0.2, 0.25) is 0 Å². The van der Waals surface area contributed by atoms with E-state index in [1.807, 2.05) is 13.7 Å². The van der Waals surface area contributed by atoms with Crippen molar-refractivity contribution >= 4 is 18.2 Å². The number of ether oxygens (including phenoxy) is 4. The number of nitrogens with zero attached hydrogens (tertiary/aromatic N) is 1. The second kappa shape index (κ2) is 6.03. The molecule has 2 rings (SSSR count). The van der Waals surface area contributed by atoms with Gasteiger partial charge in [-0.3, -0.25) is 0 Å². The second-order valence-electron chi connectivity index (χ2n) is 4.87. The summed E-state index contributed by atoms with van der Waals surface area (Å²) < 4.78 is 30.3. The summed E-state index contributed by atoms with van der Waals surface area (Å²) in [5.74, 6) is 0. The molecule has 0 saturated carbocycles. The van der Waals surface area contributed by atoms with Gasteiger partial charge in [-0.2, -0.15) is 0 Å². The molecule has 6 nitrogen and oxygen atoms in total. The van der Waals surface area contributed by atoms with E-state index < -0.39 is 6.42 Å². The van der Waals surface area contributed by atoms with Gasteiger partial charge in [-0.15, -0.1) is 0 Å². The lowest BCUT2D eigenvalue weighted by Crippen LogP contribution is -2.61. The van der Waals surface area contributed by atoms with Gasteiger partial charge < -0.3 is 23.5 Å². The van der Waals surface area contributed by atoms with Crippen molar-refractivity contribution in [1.82, 2.24) is 4.67 Å². The Bertz CT molecular complexity index is 371. The van der Waals surface area contributed by atoms with Crippen LogP contribution in [0.15, 0.2) is 0 Å². The normalized spacial score (nSPS) is 47.3. The molecule has 8 heteroatoms. The van der Waals surface area contributed by atoms with Crippen molar-refractivity contribution in [2.45, 2.75) is 30.6 Å². The van der Waals surface area contributed by atoms with Crippen molar-refractivity contribution in [2.24, 2.45) is 0 Å². The molecular weight excluding hydrogens is 289 g/mol. The molecule has 0 unspecified atom stereocenters. The molecule has 0 spiro atoms. The number of likely N-dealkylation sites (N-methyl/N-ethyl adjacent to an activating group) is 1. The number of rotatable bonds is 4. The van der Waals surface area contributed by atoms with Crippen LogP contribution in [0.2, 0.25) is 0 Å². The Morgan fingerprint density at radius 1 is 1.21 bits per heavy atom. The van der Waals surface area contributed by atoms with Gasteiger partial charge in [-0.1, -0.05) is 11.8 Å². The van der Waals surface area contributed by atoms with Gasteiger partial charge in [-0.05, 0) is 7.05 Å². The minimum absolute atomic E-state index is 0.0427. The van der Waals surface area contributed by atoms with Gasteiger partial charge in [0, 0.05) is 28.0 Å². The Kier molecular flexibility index (Phi) is 5.02. The van der Waals surface area contributed by atoms with Crippen molar-refractivity contribution in [2.75, 3.05) is 41.6 Å².